The summed E-state index contributed by atoms with van der Waals surface area (Å²) in [7, 11) is 0. The third-order valence-electron chi connectivity index (χ3n) is 2.95. The van der Waals surface area contributed by atoms with Crippen LogP contribution in [0.4, 0.5) is 14.5 Å². The number of rotatable bonds is 4. The van der Waals surface area contributed by atoms with Gasteiger partial charge in [0.05, 0.1) is 5.69 Å². The number of carbonyl (C=O) groups is 1. The third-order valence-corrected chi connectivity index (χ3v) is 2.95. The van der Waals surface area contributed by atoms with Crippen molar-refractivity contribution < 1.29 is 13.6 Å². The standard InChI is InChI=1S/C16H15F2NO/c1-11-2-8-15(14(18)10-11)19-16(20)9-5-12-3-6-13(17)7-4-12/h2-4,6-8,10H,5,9H2,1H3,(H,19,20). The molecule has 104 valence electrons. The van der Waals surface area contributed by atoms with Gasteiger partial charge in [-0.05, 0) is 48.7 Å². The number of anilines is 1. The van der Waals surface area contributed by atoms with Gasteiger partial charge < -0.3 is 5.32 Å². The van der Waals surface area contributed by atoms with Crippen molar-refractivity contribution in [2.75, 3.05) is 5.32 Å². The second kappa shape index (κ2) is 6.28. The van der Waals surface area contributed by atoms with Gasteiger partial charge in [0.1, 0.15) is 11.6 Å². The van der Waals surface area contributed by atoms with E-state index < -0.39 is 5.82 Å². The van der Waals surface area contributed by atoms with Crippen molar-refractivity contribution in [2.45, 2.75) is 19.8 Å². The van der Waals surface area contributed by atoms with E-state index in [0.717, 1.165) is 11.1 Å². The topological polar surface area (TPSA) is 29.1 Å². The zero-order valence-corrected chi connectivity index (χ0v) is 11.1. The van der Waals surface area contributed by atoms with Crippen LogP contribution < -0.4 is 5.32 Å². The number of aryl methyl sites for hydroxylation is 2. The summed E-state index contributed by atoms with van der Waals surface area (Å²) in [5.74, 6) is -1.02. The molecule has 0 aliphatic heterocycles. The number of carbonyl (C=O) groups excluding carboxylic acids is 1. The number of halogens is 2. The van der Waals surface area contributed by atoms with E-state index >= 15 is 0 Å². The summed E-state index contributed by atoms with van der Waals surface area (Å²) in [6, 6.07) is 10.6. The summed E-state index contributed by atoms with van der Waals surface area (Å²) < 4.78 is 26.3. The van der Waals surface area contributed by atoms with Gasteiger partial charge in [0.2, 0.25) is 5.91 Å². The first kappa shape index (κ1) is 14.2. The van der Waals surface area contributed by atoms with Crippen LogP contribution in [0.3, 0.4) is 0 Å². The highest BCUT2D eigenvalue weighted by Gasteiger charge is 2.07. The molecule has 2 nitrogen and oxygen atoms in total. The lowest BCUT2D eigenvalue weighted by Gasteiger charge is -2.07. The quantitative estimate of drug-likeness (QED) is 0.902. The molecule has 0 fully saturated rings. The SMILES string of the molecule is Cc1ccc(NC(=O)CCc2ccc(F)cc2)c(F)c1. The van der Waals surface area contributed by atoms with Crippen LogP contribution in [0.2, 0.25) is 0 Å². The summed E-state index contributed by atoms with van der Waals surface area (Å²) in [4.78, 5) is 11.7. The van der Waals surface area contributed by atoms with Crippen molar-refractivity contribution in [1.82, 2.24) is 0 Å². The van der Waals surface area contributed by atoms with Crippen LogP contribution in [-0.2, 0) is 11.2 Å². The second-order valence-corrected chi connectivity index (χ2v) is 4.66. The van der Waals surface area contributed by atoms with Crippen molar-refractivity contribution in [1.29, 1.82) is 0 Å². The Hall–Kier alpha value is -2.23. The molecular weight excluding hydrogens is 260 g/mol. The third kappa shape index (κ3) is 3.88. The summed E-state index contributed by atoms with van der Waals surface area (Å²) in [6.45, 7) is 1.78. The van der Waals surface area contributed by atoms with E-state index in [1.54, 1.807) is 31.2 Å². The Bertz CT molecular complexity index is 608. The molecule has 0 aliphatic carbocycles. The molecule has 20 heavy (non-hydrogen) atoms. The number of benzene rings is 2. The molecule has 0 bridgehead atoms. The van der Waals surface area contributed by atoms with Gasteiger partial charge >= 0.3 is 0 Å². The monoisotopic (exact) mass is 275 g/mol. The Morgan fingerprint density at radius 1 is 1.10 bits per heavy atom. The molecule has 0 saturated carbocycles. The normalized spacial score (nSPS) is 10.3. The first-order valence-electron chi connectivity index (χ1n) is 6.35. The van der Waals surface area contributed by atoms with E-state index in [1.807, 2.05) is 0 Å². The summed E-state index contributed by atoms with van der Waals surface area (Å²) in [5, 5.41) is 2.53. The molecule has 1 amide bonds. The van der Waals surface area contributed by atoms with Crippen LogP contribution in [-0.4, -0.2) is 5.91 Å². The molecule has 0 spiro atoms. The minimum absolute atomic E-state index is 0.180. The Balaban J connectivity index is 1.90. The molecule has 0 heterocycles. The molecule has 1 N–H and O–H groups in total. The molecule has 0 radical (unpaired) electrons. The average molecular weight is 275 g/mol. The second-order valence-electron chi connectivity index (χ2n) is 4.66. The highest BCUT2D eigenvalue weighted by Crippen LogP contribution is 2.15. The number of hydrogen-bond acceptors (Lipinski definition) is 1. The van der Waals surface area contributed by atoms with E-state index in [2.05, 4.69) is 5.32 Å². The predicted molar refractivity (Wildman–Crippen MR) is 74.5 cm³/mol. The van der Waals surface area contributed by atoms with Gasteiger partial charge in [0.15, 0.2) is 0 Å². The fourth-order valence-corrected chi connectivity index (χ4v) is 1.84. The van der Waals surface area contributed by atoms with Gasteiger partial charge in [0.25, 0.3) is 0 Å². The van der Waals surface area contributed by atoms with E-state index in [-0.39, 0.29) is 23.8 Å². The molecule has 0 unspecified atom stereocenters. The number of amides is 1. The van der Waals surface area contributed by atoms with Crippen molar-refractivity contribution in [2.24, 2.45) is 0 Å². The van der Waals surface area contributed by atoms with E-state index in [4.69, 9.17) is 0 Å². The molecule has 0 saturated heterocycles. The van der Waals surface area contributed by atoms with Crippen LogP contribution in [0.5, 0.6) is 0 Å². The molecule has 2 aromatic rings. The van der Waals surface area contributed by atoms with Gasteiger partial charge in [-0.3, -0.25) is 4.79 Å². The zero-order valence-electron chi connectivity index (χ0n) is 11.1. The minimum Gasteiger partial charge on any atom is -0.324 e. The lowest BCUT2D eigenvalue weighted by molar-refractivity contribution is -0.116. The van der Waals surface area contributed by atoms with Gasteiger partial charge in [-0.1, -0.05) is 18.2 Å². The molecular formula is C16H15F2NO. The van der Waals surface area contributed by atoms with Crippen molar-refractivity contribution in [3.63, 3.8) is 0 Å². The van der Waals surface area contributed by atoms with Gasteiger partial charge in [-0.15, -0.1) is 0 Å². The largest absolute Gasteiger partial charge is 0.324 e. The molecule has 0 aromatic heterocycles. The van der Waals surface area contributed by atoms with Crippen LogP contribution in [0.1, 0.15) is 17.5 Å². The molecule has 0 atom stereocenters. The minimum atomic E-state index is -0.444. The van der Waals surface area contributed by atoms with Gasteiger partial charge in [-0.25, -0.2) is 8.78 Å². The summed E-state index contributed by atoms with van der Waals surface area (Å²) in [5.41, 5.74) is 1.84. The fourth-order valence-electron chi connectivity index (χ4n) is 1.84. The van der Waals surface area contributed by atoms with Crippen LogP contribution in [0.25, 0.3) is 0 Å². The Kier molecular flexibility index (Phi) is 4.45. The predicted octanol–water partition coefficient (Wildman–Crippen LogP) is 3.84. The molecule has 2 rings (SSSR count). The van der Waals surface area contributed by atoms with Crippen molar-refractivity contribution in [3.05, 3.63) is 65.2 Å². The van der Waals surface area contributed by atoms with Gasteiger partial charge in [0, 0.05) is 6.42 Å². The zero-order chi connectivity index (χ0) is 14.5. The van der Waals surface area contributed by atoms with Crippen molar-refractivity contribution in [3.8, 4) is 0 Å². The fraction of sp³-hybridized carbons (Fsp3) is 0.188. The Morgan fingerprint density at radius 3 is 2.45 bits per heavy atom. The number of nitrogens with one attached hydrogen (secondary N) is 1. The maximum atomic E-state index is 13.6. The molecule has 4 heteroatoms. The lowest BCUT2D eigenvalue weighted by Crippen LogP contribution is -2.13. The van der Waals surface area contributed by atoms with E-state index in [9.17, 15) is 13.6 Å². The molecule has 0 aliphatic rings. The maximum Gasteiger partial charge on any atom is 0.224 e. The van der Waals surface area contributed by atoms with E-state index in [0.29, 0.717) is 6.42 Å². The average Bonchev–Trinajstić information content (AvgIpc) is 2.41. The first-order chi connectivity index (χ1) is 9.54. The highest BCUT2D eigenvalue weighted by molar-refractivity contribution is 5.90. The Morgan fingerprint density at radius 2 is 1.80 bits per heavy atom. The van der Waals surface area contributed by atoms with Crippen LogP contribution in [0.15, 0.2) is 42.5 Å². The van der Waals surface area contributed by atoms with E-state index in [1.165, 1.54) is 18.2 Å². The summed E-state index contributed by atoms with van der Waals surface area (Å²) in [6.07, 6.45) is 0.707. The lowest BCUT2D eigenvalue weighted by atomic mass is 10.1. The van der Waals surface area contributed by atoms with Crippen molar-refractivity contribution >= 4 is 11.6 Å². The maximum absolute atomic E-state index is 13.6. The molecule has 2 aromatic carbocycles. The van der Waals surface area contributed by atoms with Gasteiger partial charge in [-0.2, -0.15) is 0 Å². The highest BCUT2D eigenvalue weighted by atomic mass is 19.1. The Labute approximate surface area is 116 Å². The van der Waals surface area contributed by atoms with Crippen LogP contribution in [0, 0.1) is 18.6 Å². The first-order valence-corrected chi connectivity index (χ1v) is 6.35. The number of hydrogen-bond donors (Lipinski definition) is 1. The smallest absolute Gasteiger partial charge is 0.224 e. The van der Waals surface area contributed by atoms with Crippen LogP contribution >= 0.6 is 0 Å². The summed E-state index contributed by atoms with van der Waals surface area (Å²) >= 11 is 0.